The number of nitrogens with two attached hydrogens (primary N) is 1. The predicted molar refractivity (Wildman–Crippen MR) is 72.1 cm³/mol. The Morgan fingerprint density at radius 1 is 1.05 bits per heavy atom. The molecule has 0 aliphatic rings. The molecule has 0 saturated carbocycles. The number of benzene rings is 2. The summed E-state index contributed by atoms with van der Waals surface area (Å²) in [6, 6.07) is 7.20. The maximum Gasteiger partial charge on any atom is 0.337 e. The molecule has 0 heterocycles. The molecule has 0 aromatic heterocycles. The fraction of sp³-hybridized carbons (Fsp3) is 0. The number of amides is 1. The SMILES string of the molecule is Nc1ccccc1C(=O)Nc1cc(F)c(F)cc1C(=O)O. The zero-order valence-corrected chi connectivity index (χ0v) is 10.6. The van der Waals surface area contributed by atoms with Crippen LogP contribution >= 0.6 is 0 Å². The normalized spacial score (nSPS) is 10.2. The van der Waals surface area contributed by atoms with Crippen LogP contribution in [0.2, 0.25) is 0 Å². The summed E-state index contributed by atoms with van der Waals surface area (Å²) in [6.45, 7) is 0. The average molecular weight is 292 g/mol. The highest BCUT2D eigenvalue weighted by Crippen LogP contribution is 2.22. The summed E-state index contributed by atoms with van der Waals surface area (Å²) in [5.74, 6) is -4.80. The molecule has 7 heteroatoms. The minimum Gasteiger partial charge on any atom is -0.478 e. The number of para-hydroxylation sites is 1. The molecule has 4 N–H and O–H groups in total. The van der Waals surface area contributed by atoms with Crippen LogP contribution in [0.1, 0.15) is 20.7 Å². The quantitative estimate of drug-likeness (QED) is 0.758. The number of rotatable bonds is 3. The van der Waals surface area contributed by atoms with E-state index in [9.17, 15) is 18.4 Å². The molecule has 0 aliphatic heterocycles. The second kappa shape index (κ2) is 5.58. The fourth-order valence-corrected chi connectivity index (χ4v) is 1.72. The van der Waals surface area contributed by atoms with Gasteiger partial charge in [0.25, 0.3) is 5.91 Å². The smallest absolute Gasteiger partial charge is 0.337 e. The van der Waals surface area contributed by atoms with Gasteiger partial charge in [0.05, 0.1) is 16.8 Å². The standard InChI is InChI=1S/C14H10F2N2O3/c15-9-5-8(14(20)21)12(6-10(9)16)18-13(19)7-3-1-2-4-11(7)17/h1-6H,17H2,(H,18,19)(H,20,21). The Bertz CT molecular complexity index is 732. The summed E-state index contributed by atoms with van der Waals surface area (Å²) >= 11 is 0. The van der Waals surface area contributed by atoms with E-state index in [1.54, 1.807) is 12.1 Å². The highest BCUT2D eigenvalue weighted by atomic mass is 19.2. The van der Waals surface area contributed by atoms with Gasteiger partial charge in [0.1, 0.15) is 0 Å². The van der Waals surface area contributed by atoms with Crippen LogP contribution in [-0.2, 0) is 0 Å². The molecule has 1 amide bonds. The van der Waals surface area contributed by atoms with Crippen molar-refractivity contribution >= 4 is 23.3 Å². The first-order valence-electron chi connectivity index (χ1n) is 5.78. The fourth-order valence-electron chi connectivity index (χ4n) is 1.72. The van der Waals surface area contributed by atoms with Crippen molar-refractivity contribution in [2.24, 2.45) is 0 Å². The van der Waals surface area contributed by atoms with Crippen LogP contribution in [0.3, 0.4) is 0 Å². The summed E-state index contributed by atoms with van der Waals surface area (Å²) < 4.78 is 26.3. The van der Waals surface area contributed by atoms with Crippen LogP contribution < -0.4 is 11.1 Å². The first-order chi connectivity index (χ1) is 9.90. The number of nitrogen functional groups attached to an aromatic ring is 1. The van der Waals surface area contributed by atoms with Gasteiger partial charge in [-0.15, -0.1) is 0 Å². The molecule has 0 aliphatic carbocycles. The first kappa shape index (κ1) is 14.4. The molecule has 5 nitrogen and oxygen atoms in total. The Labute approximate surface area is 118 Å². The Hall–Kier alpha value is -2.96. The number of carbonyl (C=O) groups is 2. The minimum absolute atomic E-state index is 0.0959. The van der Waals surface area contributed by atoms with Gasteiger partial charge in [-0.25, -0.2) is 13.6 Å². The van der Waals surface area contributed by atoms with Crippen LogP contribution in [0.15, 0.2) is 36.4 Å². The molecule has 0 bridgehead atoms. The summed E-state index contributed by atoms with van der Waals surface area (Å²) in [4.78, 5) is 23.0. The van der Waals surface area contributed by atoms with Crippen molar-refractivity contribution in [3.8, 4) is 0 Å². The molecule has 2 aromatic carbocycles. The van der Waals surface area contributed by atoms with E-state index in [2.05, 4.69) is 5.32 Å². The molecule has 0 spiro atoms. The maximum absolute atomic E-state index is 13.2. The second-order valence-electron chi connectivity index (χ2n) is 4.16. The molecule has 0 fully saturated rings. The van der Waals surface area contributed by atoms with Crippen LogP contribution in [-0.4, -0.2) is 17.0 Å². The lowest BCUT2D eigenvalue weighted by atomic mass is 10.1. The Balaban J connectivity index is 2.40. The van der Waals surface area contributed by atoms with E-state index >= 15 is 0 Å². The van der Waals surface area contributed by atoms with Gasteiger partial charge in [0.15, 0.2) is 11.6 Å². The van der Waals surface area contributed by atoms with Gasteiger partial charge in [0.2, 0.25) is 0 Å². The zero-order valence-electron chi connectivity index (χ0n) is 10.6. The van der Waals surface area contributed by atoms with Gasteiger partial charge in [0, 0.05) is 11.8 Å². The van der Waals surface area contributed by atoms with E-state index in [0.29, 0.717) is 12.1 Å². The Morgan fingerprint density at radius 3 is 2.29 bits per heavy atom. The number of carboxylic acid groups (broad SMARTS) is 1. The molecule has 0 saturated heterocycles. The molecule has 21 heavy (non-hydrogen) atoms. The molecule has 0 atom stereocenters. The first-order valence-corrected chi connectivity index (χ1v) is 5.78. The molecule has 2 rings (SSSR count). The lowest BCUT2D eigenvalue weighted by molar-refractivity contribution is 0.0697. The van der Waals surface area contributed by atoms with Crippen molar-refractivity contribution < 1.29 is 23.5 Å². The monoisotopic (exact) mass is 292 g/mol. The molecular formula is C14H10F2N2O3. The molecule has 108 valence electrons. The van der Waals surface area contributed by atoms with Gasteiger partial charge < -0.3 is 16.2 Å². The number of halogens is 2. The van der Waals surface area contributed by atoms with E-state index in [0.717, 1.165) is 0 Å². The van der Waals surface area contributed by atoms with Gasteiger partial charge >= 0.3 is 5.97 Å². The van der Waals surface area contributed by atoms with Crippen molar-refractivity contribution in [3.63, 3.8) is 0 Å². The van der Waals surface area contributed by atoms with Gasteiger partial charge in [-0.2, -0.15) is 0 Å². The largest absolute Gasteiger partial charge is 0.478 e. The van der Waals surface area contributed by atoms with Crippen molar-refractivity contribution in [1.82, 2.24) is 0 Å². The van der Waals surface area contributed by atoms with Crippen molar-refractivity contribution in [2.45, 2.75) is 0 Å². The zero-order chi connectivity index (χ0) is 15.6. The maximum atomic E-state index is 13.2. The molecule has 0 unspecified atom stereocenters. The lowest BCUT2D eigenvalue weighted by Gasteiger charge is -2.10. The minimum atomic E-state index is -1.50. The Morgan fingerprint density at radius 2 is 1.67 bits per heavy atom. The third-order valence-electron chi connectivity index (χ3n) is 2.74. The van der Waals surface area contributed by atoms with Crippen molar-refractivity contribution in [2.75, 3.05) is 11.1 Å². The van der Waals surface area contributed by atoms with Crippen LogP contribution in [0.5, 0.6) is 0 Å². The van der Waals surface area contributed by atoms with Crippen LogP contribution in [0.25, 0.3) is 0 Å². The summed E-state index contributed by atoms with van der Waals surface area (Å²) in [7, 11) is 0. The highest BCUT2D eigenvalue weighted by Gasteiger charge is 2.18. The predicted octanol–water partition coefficient (Wildman–Crippen LogP) is 2.50. The van der Waals surface area contributed by atoms with E-state index in [-0.39, 0.29) is 16.9 Å². The molecule has 2 aromatic rings. The summed E-state index contributed by atoms with van der Waals surface area (Å²) in [5, 5.41) is 11.2. The van der Waals surface area contributed by atoms with E-state index in [4.69, 9.17) is 10.8 Å². The van der Waals surface area contributed by atoms with Crippen molar-refractivity contribution in [3.05, 3.63) is 59.2 Å². The van der Waals surface area contributed by atoms with Crippen LogP contribution in [0.4, 0.5) is 20.2 Å². The summed E-state index contributed by atoms with van der Waals surface area (Å²) in [5.41, 5.74) is 4.98. The topological polar surface area (TPSA) is 92.4 Å². The lowest BCUT2D eigenvalue weighted by Crippen LogP contribution is -2.17. The number of nitrogens with one attached hydrogen (secondary N) is 1. The molecular weight excluding hydrogens is 282 g/mol. The van der Waals surface area contributed by atoms with Crippen molar-refractivity contribution in [1.29, 1.82) is 0 Å². The van der Waals surface area contributed by atoms with E-state index < -0.39 is 29.1 Å². The highest BCUT2D eigenvalue weighted by molar-refractivity contribution is 6.10. The second-order valence-corrected chi connectivity index (χ2v) is 4.16. The number of hydrogen-bond acceptors (Lipinski definition) is 3. The Kier molecular flexibility index (Phi) is 3.84. The van der Waals surface area contributed by atoms with E-state index in [1.165, 1.54) is 12.1 Å². The molecule has 0 radical (unpaired) electrons. The summed E-state index contributed by atoms with van der Waals surface area (Å²) in [6.07, 6.45) is 0. The number of hydrogen-bond donors (Lipinski definition) is 3. The number of anilines is 2. The van der Waals surface area contributed by atoms with Gasteiger partial charge in [-0.05, 0) is 18.2 Å². The van der Waals surface area contributed by atoms with E-state index in [1.807, 2.05) is 0 Å². The third kappa shape index (κ3) is 2.97. The third-order valence-corrected chi connectivity index (χ3v) is 2.74. The number of carbonyl (C=O) groups excluding carboxylic acids is 1. The van der Waals surface area contributed by atoms with Gasteiger partial charge in [-0.3, -0.25) is 4.79 Å². The number of aromatic carboxylic acids is 1. The number of carboxylic acids is 1. The average Bonchev–Trinajstić information content (AvgIpc) is 2.42. The van der Waals surface area contributed by atoms with Crippen LogP contribution in [0, 0.1) is 11.6 Å². The van der Waals surface area contributed by atoms with Gasteiger partial charge in [-0.1, -0.05) is 12.1 Å².